The lowest BCUT2D eigenvalue weighted by atomic mass is 9.97. The Hall–Kier alpha value is -3.44. The molecule has 180 valence electrons. The molecule has 0 radical (unpaired) electrons. The van der Waals surface area contributed by atoms with Crippen LogP contribution in [0.15, 0.2) is 41.3 Å². The first kappa shape index (κ1) is 23.7. The van der Waals surface area contributed by atoms with E-state index < -0.39 is 10.0 Å². The summed E-state index contributed by atoms with van der Waals surface area (Å²) in [7, 11) is -3.79. The van der Waals surface area contributed by atoms with E-state index >= 15 is 0 Å². The van der Waals surface area contributed by atoms with Gasteiger partial charge in [0.2, 0.25) is 21.8 Å². The molecule has 11 heteroatoms. The van der Waals surface area contributed by atoms with Crippen molar-refractivity contribution in [3.05, 3.63) is 42.0 Å². The molecule has 0 unspecified atom stereocenters. The van der Waals surface area contributed by atoms with Crippen LogP contribution in [0.3, 0.4) is 0 Å². The van der Waals surface area contributed by atoms with E-state index in [1.54, 1.807) is 37.3 Å². The first-order valence-electron chi connectivity index (χ1n) is 10.9. The average molecular weight is 487 g/mol. The molecule has 0 bridgehead atoms. The Morgan fingerprint density at radius 2 is 1.68 bits per heavy atom. The highest BCUT2D eigenvalue weighted by Gasteiger charge is 2.34. The molecule has 1 saturated heterocycles. The lowest BCUT2D eigenvalue weighted by molar-refractivity contribution is -0.121. The van der Waals surface area contributed by atoms with E-state index in [0.29, 0.717) is 41.2 Å². The zero-order valence-corrected chi connectivity index (χ0v) is 19.7. The zero-order valence-electron chi connectivity index (χ0n) is 18.9. The number of carbonyl (C=O) groups is 3. The van der Waals surface area contributed by atoms with Crippen molar-refractivity contribution >= 4 is 44.8 Å². The van der Waals surface area contributed by atoms with Gasteiger partial charge in [0.05, 0.1) is 10.6 Å². The third-order valence-electron chi connectivity index (χ3n) is 5.83. The molecule has 0 saturated carbocycles. The molecule has 3 N–H and O–H groups in total. The second-order valence-corrected chi connectivity index (χ2v) is 10.3. The Labute approximate surface area is 197 Å². The Bertz CT molecular complexity index is 1230. The minimum absolute atomic E-state index is 0.129. The number of amides is 3. The van der Waals surface area contributed by atoms with Crippen LogP contribution >= 0.6 is 0 Å². The van der Waals surface area contributed by atoms with E-state index in [9.17, 15) is 22.8 Å². The topological polar surface area (TPSA) is 134 Å². The van der Waals surface area contributed by atoms with Gasteiger partial charge in [-0.15, -0.1) is 0 Å². The summed E-state index contributed by atoms with van der Waals surface area (Å²) in [4.78, 5) is 35.5. The van der Waals surface area contributed by atoms with Crippen LogP contribution in [0, 0.1) is 12.8 Å². The summed E-state index contributed by atoms with van der Waals surface area (Å²) < 4.78 is 33.3. The van der Waals surface area contributed by atoms with Gasteiger partial charge in [0.15, 0.2) is 6.61 Å². The third-order valence-corrected chi connectivity index (χ3v) is 7.87. The summed E-state index contributed by atoms with van der Waals surface area (Å²) in [5, 5.41) is 8.19. The summed E-state index contributed by atoms with van der Waals surface area (Å²) in [6.07, 6.45) is 0.789. The predicted molar refractivity (Wildman–Crippen MR) is 126 cm³/mol. The number of nitrogens with zero attached hydrogens (tertiary/aromatic N) is 1. The van der Waals surface area contributed by atoms with Crippen molar-refractivity contribution in [1.29, 1.82) is 0 Å². The number of carbonyl (C=O) groups excluding carboxylic acids is 3. The Kier molecular flexibility index (Phi) is 6.58. The largest absolute Gasteiger partial charge is 0.482 e. The number of benzene rings is 2. The van der Waals surface area contributed by atoms with E-state index in [-0.39, 0.29) is 48.2 Å². The van der Waals surface area contributed by atoms with Gasteiger partial charge in [-0.25, -0.2) is 8.42 Å². The van der Waals surface area contributed by atoms with Gasteiger partial charge in [0, 0.05) is 43.4 Å². The van der Waals surface area contributed by atoms with Crippen LogP contribution in [0.1, 0.15) is 25.3 Å². The van der Waals surface area contributed by atoms with Crippen molar-refractivity contribution in [2.24, 2.45) is 5.92 Å². The molecule has 2 aromatic carbocycles. The Morgan fingerprint density at radius 3 is 2.29 bits per heavy atom. The van der Waals surface area contributed by atoms with Crippen molar-refractivity contribution in [2.75, 3.05) is 35.6 Å². The fourth-order valence-electron chi connectivity index (χ4n) is 4.08. The van der Waals surface area contributed by atoms with Gasteiger partial charge in [-0.05, 0) is 55.7 Å². The molecule has 0 spiro atoms. The van der Waals surface area contributed by atoms with E-state index in [0.717, 1.165) is 0 Å². The molecule has 0 atom stereocenters. The van der Waals surface area contributed by atoms with Crippen molar-refractivity contribution in [2.45, 2.75) is 31.6 Å². The highest BCUT2D eigenvalue weighted by Crippen LogP contribution is 2.35. The maximum absolute atomic E-state index is 13.3. The van der Waals surface area contributed by atoms with Crippen LogP contribution in [0.2, 0.25) is 0 Å². The maximum Gasteiger partial charge on any atom is 0.262 e. The number of anilines is 3. The Morgan fingerprint density at radius 1 is 1.06 bits per heavy atom. The number of fused-ring (bicyclic) bond motifs is 1. The molecular formula is C23H26N4O6S. The number of rotatable bonds is 5. The van der Waals surface area contributed by atoms with Gasteiger partial charge in [-0.3, -0.25) is 14.4 Å². The molecule has 0 aliphatic carbocycles. The number of aryl methyl sites for hydroxylation is 1. The lowest BCUT2D eigenvalue weighted by Crippen LogP contribution is -2.41. The number of piperidine rings is 1. The van der Waals surface area contributed by atoms with Crippen molar-refractivity contribution < 1.29 is 27.5 Å². The van der Waals surface area contributed by atoms with Gasteiger partial charge in [0.25, 0.3) is 5.91 Å². The normalized spacial score (nSPS) is 16.7. The van der Waals surface area contributed by atoms with Crippen LogP contribution < -0.4 is 20.7 Å². The molecule has 2 aliphatic rings. The molecule has 34 heavy (non-hydrogen) atoms. The highest BCUT2D eigenvalue weighted by atomic mass is 32.2. The maximum atomic E-state index is 13.3. The zero-order chi connectivity index (χ0) is 24.5. The minimum Gasteiger partial charge on any atom is -0.482 e. The first-order chi connectivity index (χ1) is 16.1. The number of nitrogens with one attached hydrogen (secondary N) is 3. The summed E-state index contributed by atoms with van der Waals surface area (Å²) >= 11 is 0. The van der Waals surface area contributed by atoms with Gasteiger partial charge in [-0.1, -0.05) is 0 Å². The van der Waals surface area contributed by atoms with Gasteiger partial charge >= 0.3 is 0 Å². The number of hydrogen-bond acceptors (Lipinski definition) is 6. The van der Waals surface area contributed by atoms with Crippen LogP contribution in [0.4, 0.5) is 17.1 Å². The van der Waals surface area contributed by atoms with E-state index in [4.69, 9.17) is 4.74 Å². The molecule has 10 nitrogen and oxygen atoms in total. The summed E-state index contributed by atoms with van der Waals surface area (Å²) in [6.45, 7) is 3.37. The highest BCUT2D eigenvalue weighted by molar-refractivity contribution is 7.89. The number of hydrogen-bond donors (Lipinski definition) is 3. The predicted octanol–water partition coefficient (Wildman–Crippen LogP) is 2.32. The SMILES string of the molecule is CC(=O)Nc1ccc(NC(=O)C2CCN(S(=O)(=O)c3cc4c(cc3C)NC(=O)CO4)CC2)cc1. The van der Waals surface area contributed by atoms with Crippen molar-refractivity contribution in [3.63, 3.8) is 0 Å². The second-order valence-electron chi connectivity index (χ2n) is 8.38. The fraction of sp³-hybridized carbons (Fsp3) is 0.348. The van der Waals surface area contributed by atoms with Crippen LogP contribution in [0.25, 0.3) is 0 Å². The standard InChI is InChI=1S/C23H26N4O6S/c1-14-11-19-20(33-13-22(29)26-19)12-21(14)34(31,32)27-9-7-16(8-10-27)23(30)25-18-5-3-17(4-6-18)24-15(2)28/h3-6,11-12,16H,7-10,13H2,1-2H3,(H,24,28)(H,25,30)(H,26,29). The van der Waals surface area contributed by atoms with Gasteiger partial charge in [-0.2, -0.15) is 4.31 Å². The minimum atomic E-state index is -3.79. The Balaban J connectivity index is 1.39. The van der Waals surface area contributed by atoms with E-state index in [1.165, 1.54) is 17.3 Å². The number of ether oxygens (including phenoxy) is 1. The second kappa shape index (κ2) is 9.43. The first-order valence-corrected chi connectivity index (χ1v) is 12.3. The molecular weight excluding hydrogens is 460 g/mol. The quantitative estimate of drug-likeness (QED) is 0.594. The monoisotopic (exact) mass is 486 g/mol. The summed E-state index contributed by atoms with van der Waals surface area (Å²) in [5.74, 6) is -0.625. The third kappa shape index (κ3) is 5.05. The molecule has 0 aromatic heterocycles. The van der Waals surface area contributed by atoms with Crippen LogP contribution in [-0.4, -0.2) is 50.1 Å². The van der Waals surface area contributed by atoms with Crippen LogP contribution in [-0.2, 0) is 24.4 Å². The molecule has 4 rings (SSSR count). The summed E-state index contributed by atoms with van der Waals surface area (Å²) in [5.41, 5.74) is 2.19. The molecule has 3 amide bonds. The molecule has 2 aromatic rings. The average Bonchev–Trinajstić information content (AvgIpc) is 2.79. The van der Waals surface area contributed by atoms with Crippen molar-refractivity contribution in [3.8, 4) is 5.75 Å². The lowest BCUT2D eigenvalue weighted by Gasteiger charge is -2.31. The van der Waals surface area contributed by atoms with Crippen molar-refractivity contribution in [1.82, 2.24) is 4.31 Å². The van der Waals surface area contributed by atoms with E-state index in [1.807, 2.05) is 0 Å². The summed E-state index contributed by atoms with van der Waals surface area (Å²) in [6, 6.07) is 9.84. The van der Waals surface area contributed by atoms with Gasteiger partial charge in [0.1, 0.15) is 5.75 Å². The van der Waals surface area contributed by atoms with E-state index in [2.05, 4.69) is 16.0 Å². The fourth-order valence-corrected chi connectivity index (χ4v) is 5.77. The molecule has 2 aliphatic heterocycles. The molecule has 2 heterocycles. The molecule has 1 fully saturated rings. The number of sulfonamides is 1. The van der Waals surface area contributed by atoms with Crippen LogP contribution in [0.5, 0.6) is 5.75 Å². The smallest absolute Gasteiger partial charge is 0.262 e. The van der Waals surface area contributed by atoms with Gasteiger partial charge < -0.3 is 20.7 Å².